The van der Waals surface area contributed by atoms with E-state index in [2.05, 4.69) is 10.8 Å². The fourth-order valence-electron chi connectivity index (χ4n) is 0.170. The summed E-state index contributed by atoms with van der Waals surface area (Å²) in [7, 11) is 0. The third-order valence-electron chi connectivity index (χ3n) is 0.582. The van der Waals surface area contributed by atoms with Gasteiger partial charge in [0.2, 0.25) is 0 Å². The van der Waals surface area contributed by atoms with Gasteiger partial charge in [-0.05, 0) is 6.92 Å². The Labute approximate surface area is 67.4 Å². The molecule has 0 aliphatic carbocycles. The molecule has 0 saturated heterocycles. The molecule has 0 aromatic heterocycles. The van der Waals surface area contributed by atoms with Gasteiger partial charge in [-0.2, -0.15) is 0 Å². The summed E-state index contributed by atoms with van der Waals surface area (Å²) in [6.45, 7) is 0.630. The summed E-state index contributed by atoms with van der Waals surface area (Å²) in [5, 5.41) is 0. The van der Waals surface area contributed by atoms with E-state index in [1.807, 2.05) is 0 Å². The third-order valence-corrected chi connectivity index (χ3v) is 1.95. The molecule has 0 aromatic rings. The average molecular weight is 200 g/mol. The molecule has 0 aliphatic heterocycles. The zero-order valence-corrected chi connectivity index (χ0v) is 7.55. The van der Waals surface area contributed by atoms with E-state index in [4.69, 9.17) is 14.7 Å². The first kappa shape index (κ1) is 10.9. The largest absolute Gasteiger partial charge is 0.394 e. The molecular formula is C4H9O5PS. The van der Waals surface area contributed by atoms with E-state index < -0.39 is 23.9 Å². The van der Waals surface area contributed by atoms with Crippen LogP contribution in [0.4, 0.5) is 0 Å². The molecule has 0 heterocycles. The van der Waals surface area contributed by atoms with Gasteiger partial charge in [0, 0.05) is 5.57 Å². The van der Waals surface area contributed by atoms with Gasteiger partial charge in [0.05, 0.1) is 11.2 Å². The van der Waals surface area contributed by atoms with Gasteiger partial charge < -0.3 is 18.9 Å². The minimum atomic E-state index is -4.02. The van der Waals surface area contributed by atoms with Gasteiger partial charge in [-0.3, -0.25) is 0 Å². The molecule has 0 bridgehead atoms. The van der Waals surface area contributed by atoms with Crippen molar-refractivity contribution in [1.29, 1.82) is 0 Å². The van der Waals surface area contributed by atoms with E-state index >= 15 is 0 Å². The summed E-state index contributed by atoms with van der Waals surface area (Å²) in [4.78, 5) is 35.6. The molecular weight excluding hydrogens is 191 g/mol. The number of hydrogen-bond donors (Lipinski definition) is 4. The van der Waals surface area contributed by atoms with E-state index in [0.717, 1.165) is 0 Å². The molecule has 0 aromatic carbocycles. The fraction of sp³-hybridized carbons (Fsp3) is 0.250. The lowest BCUT2D eigenvalue weighted by Crippen LogP contribution is -2.00. The molecule has 0 spiro atoms. The van der Waals surface area contributed by atoms with Gasteiger partial charge in [0.25, 0.3) is 0 Å². The standard InChI is InChI=1S/C4H9O5PS/c1-3(2)4(5)9-11-10(6,7)8/h6-8,11H,1H2,2H3. The molecule has 0 fully saturated rings. The highest BCUT2D eigenvalue weighted by Crippen LogP contribution is 2.31. The topological polar surface area (TPSA) is 87.0 Å². The predicted octanol–water partition coefficient (Wildman–Crippen LogP) is -0.510. The Kier molecular flexibility index (Phi) is 3.99. The first-order valence-electron chi connectivity index (χ1n) is 2.49. The smallest absolute Gasteiger partial charge is 0.344 e. The van der Waals surface area contributed by atoms with E-state index in [-0.39, 0.29) is 5.57 Å². The van der Waals surface area contributed by atoms with E-state index in [1.54, 1.807) is 0 Å². The molecule has 0 atom stereocenters. The zero-order valence-electron chi connectivity index (χ0n) is 5.76. The molecule has 0 saturated carbocycles. The van der Waals surface area contributed by atoms with Crippen molar-refractivity contribution in [3.63, 3.8) is 0 Å². The van der Waals surface area contributed by atoms with Crippen LogP contribution in [-0.4, -0.2) is 20.6 Å². The van der Waals surface area contributed by atoms with Crippen LogP contribution in [0.2, 0.25) is 0 Å². The summed E-state index contributed by atoms with van der Waals surface area (Å²) in [6.07, 6.45) is 0. The Hall–Kier alpha value is -0.130. The van der Waals surface area contributed by atoms with Crippen LogP contribution in [0.15, 0.2) is 12.2 Å². The Morgan fingerprint density at radius 1 is 1.55 bits per heavy atom. The van der Waals surface area contributed by atoms with Crippen molar-refractivity contribution < 1.29 is 23.7 Å². The van der Waals surface area contributed by atoms with Crippen molar-refractivity contribution in [3.05, 3.63) is 12.2 Å². The number of carbonyl (C=O) groups excluding carboxylic acids is 1. The van der Waals surface area contributed by atoms with Crippen LogP contribution in [0.1, 0.15) is 6.92 Å². The Morgan fingerprint density at radius 3 is 2.27 bits per heavy atom. The van der Waals surface area contributed by atoms with Crippen LogP contribution in [0, 0.1) is 0 Å². The van der Waals surface area contributed by atoms with Crippen molar-refractivity contribution in [3.8, 4) is 0 Å². The van der Waals surface area contributed by atoms with Crippen molar-refractivity contribution in [2.24, 2.45) is 0 Å². The summed E-state index contributed by atoms with van der Waals surface area (Å²) in [6, 6.07) is 0. The minimum absolute atomic E-state index is 0.131. The normalized spacial score (nSPS) is 10.9. The Balaban J connectivity index is 4.11. The third kappa shape index (κ3) is 6.28. The van der Waals surface area contributed by atoms with E-state index in [0.29, 0.717) is 0 Å². The summed E-state index contributed by atoms with van der Waals surface area (Å²) >= 11 is -0.540. The first-order chi connectivity index (χ1) is 4.83. The van der Waals surface area contributed by atoms with Gasteiger partial charge in [-0.1, -0.05) is 6.58 Å². The van der Waals surface area contributed by atoms with Gasteiger partial charge in [0.1, 0.15) is 0 Å². The molecule has 0 rings (SSSR count). The zero-order chi connectivity index (χ0) is 9.07. The van der Waals surface area contributed by atoms with Gasteiger partial charge in [-0.15, -0.1) is 0 Å². The number of rotatable bonds is 2. The van der Waals surface area contributed by atoms with Crippen LogP contribution in [-0.2, 0) is 20.2 Å². The van der Waals surface area contributed by atoms with E-state index in [1.165, 1.54) is 6.92 Å². The molecule has 7 heteroatoms. The second-order valence-electron chi connectivity index (χ2n) is 1.78. The lowest BCUT2D eigenvalue weighted by atomic mass is 10.4. The van der Waals surface area contributed by atoms with Crippen molar-refractivity contribution in [2.45, 2.75) is 6.92 Å². The maximum atomic E-state index is 10.5. The summed E-state index contributed by atoms with van der Waals surface area (Å²) in [5.41, 5.74) is 0.131. The molecule has 11 heavy (non-hydrogen) atoms. The summed E-state index contributed by atoms with van der Waals surface area (Å²) < 4.78 is 4.20. The van der Waals surface area contributed by atoms with Crippen LogP contribution in [0.3, 0.4) is 0 Å². The first-order valence-corrected chi connectivity index (χ1v) is 5.66. The minimum Gasteiger partial charge on any atom is -0.394 e. The van der Waals surface area contributed by atoms with Crippen molar-refractivity contribution in [1.82, 2.24) is 0 Å². The molecule has 66 valence electrons. The maximum absolute atomic E-state index is 10.5. The van der Waals surface area contributed by atoms with Crippen LogP contribution in [0.5, 0.6) is 0 Å². The van der Waals surface area contributed by atoms with Gasteiger partial charge in [-0.25, -0.2) is 4.79 Å². The molecule has 0 aliphatic rings. The Morgan fingerprint density at radius 2 is 2.00 bits per heavy atom. The molecule has 0 unspecified atom stereocenters. The SMILES string of the molecule is C=C(C)C(=O)O[SH]=P(O)(O)O. The van der Waals surface area contributed by atoms with Gasteiger partial charge in [0.15, 0.2) is 0 Å². The molecule has 3 N–H and O–H groups in total. The highest BCUT2D eigenvalue weighted by molar-refractivity contribution is 8.14. The maximum Gasteiger partial charge on any atom is 0.344 e. The molecule has 0 amide bonds. The number of carbonyl (C=O) groups is 1. The lowest BCUT2D eigenvalue weighted by Gasteiger charge is -2.02. The predicted molar refractivity (Wildman–Crippen MR) is 43.2 cm³/mol. The van der Waals surface area contributed by atoms with E-state index in [9.17, 15) is 4.79 Å². The highest BCUT2D eigenvalue weighted by atomic mass is 32.5. The van der Waals surface area contributed by atoms with Crippen LogP contribution in [0.25, 0.3) is 0 Å². The van der Waals surface area contributed by atoms with Crippen LogP contribution < -0.4 is 0 Å². The quantitative estimate of drug-likeness (QED) is 0.274. The number of hydrogen-bond acceptors (Lipinski definition) is 2. The molecule has 5 nitrogen and oxygen atoms in total. The van der Waals surface area contributed by atoms with Crippen molar-refractivity contribution >= 4 is 23.9 Å². The average Bonchev–Trinajstić information content (AvgIpc) is 1.80. The van der Waals surface area contributed by atoms with Crippen LogP contribution >= 0.6 is 6.72 Å². The molecule has 0 radical (unpaired) electrons. The second-order valence-corrected chi connectivity index (χ2v) is 5.30. The highest BCUT2D eigenvalue weighted by Gasteiger charge is 2.06. The number of thiol groups is 1. The van der Waals surface area contributed by atoms with Gasteiger partial charge >= 0.3 is 12.7 Å². The second kappa shape index (κ2) is 4.04. The lowest BCUT2D eigenvalue weighted by molar-refractivity contribution is -0.128. The van der Waals surface area contributed by atoms with Crippen molar-refractivity contribution in [2.75, 3.05) is 0 Å². The monoisotopic (exact) mass is 200 g/mol. The fourth-order valence-corrected chi connectivity index (χ4v) is 1.06. The Bertz CT molecular complexity index is 220. The summed E-state index contributed by atoms with van der Waals surface area (Å²) in [5.74, 6) is -0.770.